The zero-order chi connectivity index (χ0) is 32.3. The van der Waals surface area contributed by atoms with Crippen molar-refractivity contribution < 1.29 is 52.6 Å². The standard InChI is InChI=1S/C33H38O11/c1-17-26(43-18(2)34)20-15-22(37-4)27(39-6)29(41-8)24(20)25-21(16-23(38-5)28(40-7)30(25)42-9)31(33(17,3)36)44-32(35)19-13-11-10-12-14-19/h10-17,26,31,36H,1-9H3/t17-,26-,31-,33-/m1/s1. The summed E-state index contributed by atoms with van der Waals surface area (Å²) in [4.78, 5) is 26.2. The molecule has 0 amide bonds. The maximum atomic E-state index is 13.6. The third kappa shape index (κ3) is 5.43. The quantitative estimate of drug-likeness (QED) is 0.317. The zero-order valence-corrected chi connectivity index (χ0v) is 26.3. The Morgan fingerprint density at radius 2 is 1.18 bits per heavy atom. The van der Waals surface area contributed by atoms with Gasteiger partial charge in [0, 0.05) is 35.1 Å². The van der Waals surface area contributed by atoms with Crippen molar-refractivity contribution in [1.29, 1.82) is 0 Å². The molecule has 0 fully saturated rings. The molecule has 1 aliphatic rings. The average molecular weight is 611 g/mol. The van der Waals surface area contributed by atoms with E-state index in [-0.39, 0.29) is 34.3 Å². The van der Waals surface area contributed by atoms with Gasteiger partial charge < -0.3 is 43.0 Å². The minimum Gasteiger partial charge on any atom is -0.493 e. The first-order valence-electron chi connectivity index (χ1n) is 13.8. The third-order valence-corrected chi connectivity index (χ3v) is 7.99. The lowest BCUT2D eigenvalue weighted by molar-refractivity contribution is -0.166. The second-order valence-corrected chi connectivity index (χ2v) is 10.4. The van der Waals surface area contributed by atoms with Gasteiger partial charge in [-0.05, 0) is 31.2 Å². The van der Waals surface area contributed by atoms with Crippen molar-refractivity contribution >= 4 is 11.9 Å². The number of ether oxygens (including phenoxy) is 8. The second kappa shape index (κ2) is 12.9. The lowest BCUT2D eigenvalue weighted by Gasteiger charge is -2.44. The van der Waals surface area contributed by atoms with Gasteiger partial charge in [-0.1, -0.05) is 25.1 Å². The summed E-state index contributed by atoms with van der Waals surface area (Å²) >= 11 is 0. The van der Waals surface area contributed by atoms with E-state index in [1.807, 2.05) is 0 Å². The first-order chi connectivity index (χ1) is 21.0. The van der Waals surface area contributed by atoms with Crippen molar-refractivity contribution in [2.24, 2.45) is 5.92 Å². The lowest BCUT2D eigenvalue weighted by atomic mass is 9.71. The first kappa shape index (κ1) is 32.3. The van der Waals surface area contributed by atoms with Gasteiger partial charge in [0.05, 0.1) is 48.2 Å². The van der Waals surface area contributed by atoms with Crippen LogP contribution in [0.25, 0.3) is 11.1 Å². The molecule has 3 aromatic carbocycles. The van der Waals surface area contributed by atoms with Crippen LogP contribution < -0.4 is 28.4 Å². The van der Waals surface area contributed by atoms with Gasteiger partial charge in [0.1, 0.15) is 11.7 Å². The van der Waals surface area contributed by atoms with Crippen LogP contribution in [-0.2, 0) is 14.3 Å². The number of benzene rings is 3. The Hall–Kier alpha value is -4.64. The fourth-order valence-electron chi connectivity index (χ4n) is 5.70. The van der Waals surface area contributed by atoms with E-state index in [2.05, 4.69) is 0 Å². The van der Waals surface area contributed by atoms with Crippen LogP contribution in [0.3, 0.4) is 0 Å². The largest absolute Gasteiger partial charge is 0.493 e. The SMILES string of the molecule is COc1cc2c(c(OC)c1OC)-c1c(cc(OC)c(OC)c1OC)[C@H](OC(C)=O)[C@@H](C)[C@@](C)(O)[C@@H]2OC(=O)c1ccccc1. The molecule has 0 bridgehead atoms. The Kier molecular flexibility index (Phi) is 9.48. The van der Waals surface area contributed by atoms with E-state index in [1.54, 1.807) is 49.4 Å². The summed E-state index contributed by atoms with van der Waals surface area (Å²) in [7, 11) is 8.74. The van der Waals surface area contributed by atoms with E-state index in [0.29, 0.717) is 28.0 Å². The van der Waals surface area contributed by atoms with Crippen LogP contribution in [0.15, 0.2) is 42.5 Å². The number of esters is 2. The van der Waals surface area contributed by atoms with Crippen LogP contribution in [0.4, 0.5) is 0 Å². The van der Waals surface area contributed by atoms with Gasteiger partial charge in [0.2, 0.25) is 11.5 Å². The van der Waals surface area contributed by atoms with Gasteiger partial charge in [-0.15, -0.1) is 0 Å². The molecule has 0 aromatic heterocycles. The Morgan fingerprint density at radius 3 is 1.64 bits per heavy atom. The molecule has 3 aromatic rings. The zero-order valence-electron chi connectivity index (χ0n) is 26.3. The highest BCUT2D eigenvalue weighted by Crippen LogP contribution is 2.60. The van der Waals surface area contributed by atoms with E-state index in [1.165, 1.54) is 56.5 Å². The highest BCUT2D eigenvalue weighted by Gasteiger charge is 2.51. The smallest absolute Gasteiger partial charge is 0.338 e. The van der Waals surface area contributed by atoms with Gasteiger partial charge >= 0.3 is 11.9 Å². The monoisotopic (exact) mass is 610 g/mol. The van der Waals surface area contributed by atoms with Crippen LogP contribution >= 0.6 is 0 Å². The van der Waals surface area contributed by atoms with Gasteiger partial charge in [0.25, 0.3) is 0 Å². The van der Waals surface area contributed by atoms with Crippen LogP contribution in [-0.4, -0.2) is 65.3 Å². The molecule has 0 saturated heterocycles. The molecular formula is C33H38O11. The fraction of sp³-hybridized carbons (Fsp3) is 0.394. The molecule has 0 radical (unpaired) electrons. The van der Waals surface area contributed by atoms with Gasteiger partial charge in [-0.2, -0.15) is 0 Å². The lowest BCUT2D eigenvalue weighted by Crippen LogP contribution is -2.46. The number of rotatable bonds is 9. The molecule has 0 spiro atoms. The summed E-state index contributed by atoms with van der Waals surface area (Å²) in [6.45, 7) is 4.49. The van der Waals surface area contributed by atoms with Gasteiger partial charge in [-0.3, -0.25) is 4.79 Å². The number of aliphatic hydroxyl groups is 1. The number of hydrogen-bond acceptors (Lipinski definition) is 11. The molecule has 236 valence electrons. The first-order valence-corrected chi connectivity index (χ1v) is 13.8. The summed E-state index contributed by atoms with van der Waals surface area (Å²) in [6.07, 6.45) is -2.44. The van der Waals surface area contributed by atoms with E-state index in [0.717, 1.165) is 0 Å². The molecule has 0 saturated carbocycles. The van der Waals surface area contributed by atoms with Crippen molar-refractivity contribution in [2.45, 2.75) is 38.6 Å². The molecule has 1 N–H and O–H groups in total. The summed E-state index contributed by atoms with van der Waals surface area (Å²) in [5.74, 6) is -0.742. The minimum atomic E-state index is -1.85. The summed E-state index contributed by atoms with van der Waals surface area (Å²) in [5, 5.41) is 12.4. The van der Waals surface area contributed by atoms with Crippen molar-refractivity contribution in [3.63, 3.8) is 0 Å². The molecular weight excluding hydrogens is 572 g/mol. The predicted molar refractivity (Wildman–Crippen MR) is 160 cm³/mol. The van der Waals surface area contributed by atoms with E-state index in [4.69, 9.17) is 37.9 Å². The Morgan fingerprint density at radius 1 is 0.705 bits per heavy atom. The third-order valence-electron chi connectivity index (χ3n) is 7.99. The Labute approximate surface area is 256 Å². The molecule has 0 heterocycles. The Bertz CT molecular complexity index is 1530. The number of methoxy groups -OCH3 is 6. The molecule has 0 aliphatic heterocycles. The van der Waals surface area contributed by atoms with Crippen LogP contribution in [0.1, 0.15) is 54.5 Å². The van der Waals surface area contributed by atoms with Crippen molar-refractivity contribution in [2.75, 3.05) is 42.7 Å². The Balaban J connectivity index is 2.25. The predicted octanol–water partition coefficient (Wildman–Crippen LogP) is 5.31. The van der Waals surface area contributed by atoms with Crippen molar-refractivity contribution in [3.05, 3.63) is 59.2 Å². The topological polar surface area (TPSA) is 128 Å². The van der Waals surface area contributed by atoms with Crippen molar-refractivity contribution in [3.8, 4) is 45.6 Å². The molecule has 4 atom stereocenters. The van der Waals surface area contributed by atoms with Crippen molar-refractivity contribution in [1.82, 2.24) is 0 Å². The summed E-state index contributed by atoms with van der Waals surface area (Å²) in [6, 6.07) is 11.7. The number of hydrogen-bond donors (Lipinski definition) is 1. The van der Waals surface area contributed by atoms with E-state index < -0.39 is 35.7 Å². The maximum absolute atomic E-state index is 13.6. The van der Waals surface area contributed by atoms with Crippen LogP contribution in [0, 0.1) is 5.92 Å². The fourth-order valence-corrected chi connectivity index (χ4v) is 5.70. The van der Waals surface area contributed by atoms with Gasteiger partial charge in [-0.25, -0.2) is 4.79 Å². The molecule has 4 rings (SSSR count). The second-order valence-electron chi connectivity index (χ2n) is 10.4. The van der Waals surface area contributed by atoms with E-state index in [9.17, 15) is 14.7 Å². The number of carbonyl (C=O) groups excluding carboxylic acids is 2. The number of carbonyl (C=O) groups is 2. The average Bonchev–Trinajstić information content (AvgIpc) is 3.03. The van der Waals surface area contributed by atoms with Crippen LogP contribution in [0.2, 0.25) is 0 Å². The highest BCUT2D eigenvalue weighted by atomic mass is 16.6. The van der Waals surface area contributed by atoms with Crippen LogP contribution in [0.5, 0.6) is 34.5 Å². The molecule has 1 aliphatic carbocycles. The summed E-state index contributed by atoms with van der Waals surface area (Å²) < 4.78 is 46.8. The molecule has 44 heavy (non-hydrogen) atoms. The minimum absolute atomic E-state index is 0.182. The van der Waals surface area contributed by atoms with Gasteiger partial charge in [0.15, 0.2) is 29.1 Å². The summed E-state index contributed by atoms with van der Waals surface area (Å²) in [5.41, 5.74) is -0.133. The molecule has 0 unspecified atom stereocenters. The number of fused-ring (bicyclic) bond motifs is 3. The molecule has 11 nitrogen and oxygen atoms in total. The maximum Gasteiger partial charge on any atom is 0.338 e. The molecule has 11 heteroatoms. The normalized spacial score (nSPS) is 20.5. The highest BCUT2D eigenvalue weighted by molar-refractivity contribution is 5.92. The van der Waals surface area contributed by atoms with E-state index >= 15 is 0 Å².